The van der Waals surface area contributed by atoms with Gasteiger partial charge in [-0.25, -0.2) is 0 Å². The van der Waals surface area contributed by atoms with Crippen LogP contribution in [0.2, 0.25) is 0 Å². The Bertz CT molecular complexity index is 679. The molecule has 1 heterocycles. The second kappa shape index (κ2) is 7.57. The van der Waals surface area contributed by atoms with Crippen molar-refractivity contribution in [3.63, 3.8) is 0 Å². The Hall–Kier alpha value is -0.360. The van der Waals surface area contributed by atoms with Gasteiger partial charge in [-0.15, -0.1) is 11.8 Å². The van der Waals surface area contributed by atoms with Crippen LogP contribution in [0.3, 0.4) is 0 Å². The van der Waals surface area contributed by atoms with Gasteiger partial charge >= 0.3 is 0 Å². The number of nitrogens with one attached hydrogen (secondary N) is 2. The first kappa shape index (κ1) is 21.0. The van der Waals surface area contributed by atoms with Crippen LogP contribution in [0.5, 0.6) is 0 Å². The van der Waals surface area contributed by atoms with Crippen LogP contribution in [0.1, 0.15) is 77.0 Å². The number of amides is 2. The summed E-state index contributed by atoms with van der Waals surface area (Å²) in [6, 6.07) is 0. The Labute approximate surface area is 200 Å². The summed E-state index contributed by atoms with van der Waals surface area (Å²) in [5.74, 6) is 7.39. The zero-order valence-electron chi connectivity index (χ0n) is 19.2. The van der Waals surface area contributed by atoms with Crippen molar-refractivity contribution in [3.05, 3.63) is 0 Å². The highest BCUT2D eigenvalue weighted by molar-refractivity contribution is 8.07. The molecule has 1 saturated heterocycles. The number of rotatable bonds is 4. The van der Waals surface area contributed by atoms with E-state index in [1.165, 1.54) is 38.5 Å². The average molecular weight is 475 g/mol. The lowest BCUT2D eigenvalue weighted by Gasteiger charge is -2.56. The summed E-state index contributed by atoms with van der Waals surface area (Å²) in [6.07, 6.45) is 15.0. The molecule has 2 N–H and O–H groups in total. The number of carbonyl (C=O) groups is 2. The Morgan fingerprint density at radius 3 is 1.19 bits per heavy atom. The summed E-state index contributed by atoms with van der Waals surface area (Å²) in [4.78, 5) is 27.0. The van der Waals surface area contributed by atoms with E-state index in [1.807, 2.05) is 23.5 Å². The molecule has 6 heteroatoms. The quantitative estimate of drug-likeness (QED) is 0.615. The van der Waals surface area contributed by atoms with Crippen molar-refractivity contribution in [3.8, 4) is 0 Å². The Balaban J connectivity index is 0.985. The molecule has 9 aliphatic rings. The molecule has 1 aliphatic heterocycles. The first-order valence-electron chi connectivity index (χ1n) is 13.3. The van der Waals surface area contributed by atoms with Crippen LogP contribution in [0, 0.1) is 46.3 Å². The molecule has 2 atom stereocenters. The van der Waals surface area contributed by atoms with Crippen LogP contribution in [-0.4, -0.2) is 34.1 Å². The summed E-state index contributed by atoms with van der Waals surface area (Å²) in [7, 11) is 0. The van der Waals surface area contributed by atoms with Crippen molar-refractivity contribution in [2.24, 2.45) is 46.3 Å². The Morgan fingerprint density at radius 2 is 0.875 bits per heavy atom. The lowest BCUT2D eigenvalue weighted by Crippen LogP contribution is -2.57. The van der Waals surface area contributed by atoms with E-state index in [-0.39, 0.29) is 21.6 Å². The van der Waals surface area contributed by atoms with Gasteiger partial charge in [0.15, 0.2) is 0 Å². The van der Waals surface area contributed by atoms with Gasteiger partial charge in [0.25, 0.3) is 0 Å². The minimum atomic E-state index is -0.0740. The van der Waals surface area contributed by atoms with E-state index in [9.17, 15) is 9.59 Å². The maximum atomic E-state index is 13.5. The molecule has 8 bridgehead atoms. The molecule has 8 aliphatic carbocycles. The molecular formula is C26H38N2O2S2. The fraction of sp³-hybridized carbons (Fsp3) is 0.923. The van der Waals surface area contributed by atoms with Gasteiger partial charge in [0.05, 0.1) is 10.7 Å². The maximum absolute atomic E-state index is 13.5. The van der Waals surface area contributed by atoms with E-state index in [2.05, 4.69) is 10.6 Å². The van der Waals surface area contributed by atoms with Crippen LogP contribution in [0.15, 0.2) is 0 Å². The predicted octanol–water partition coefficient (Wildman–Crippen LogP) is 4.78. The van der Waals surface area contributed by atoms with Gasteiger partial charge in [-0.1, -0.05) is 0 Å². The molecule has 4 nitrogen and oxygen atoms in total. The molecule has 9 rings (SSSR count). The van der Waals surface area contributed by atoms with Crippen molar-refractivity contribution in [1.82, 2.24) is 10.6 Å². The molecule has 8 saturated carbocycles. The van der Waals surface area contributed by atoms with Crippen LogP contribution < -0.4 is 10.6 Å². The minimum Gasteiger partial charge on any atom is -0.343 e. The normalized spacial score (nSPS) is 52.8. The fourth-order valence-corrected chi connectivity index (χ4v) is 12.8. The second-order valence-corrected chi connectivity index (χ2v) is 15.5. The predicted molar refractivity (Wildman–Crippen MR) is 130 cm³/mol. The molecule has 2 unspecified atom stereocenters. The topological polar surface area (TPSA) is 58.2 Å². The summed E-state index contributed by atoms with van der Waals surface area (Å²) in [6.45, 7) is 0. The molecule has 0 aromatic heterocycles. The monoisotopic (exact) mass is 474 g/mol. The van der Waals surface area contributed by atoms with Crippen LogP contribution in [0.4, 0.5) is 0 Å². The standard InChI is InChI=1S/C26H38N2O2S2/c29-23(25-7-15-1-16(8-25)3-17(2-15)9-25)27-21-13-31-14-22(32-21)28-24(30)26-10-18-4-19(11-26)6-20(5-18)12-26/h15-22H,1-14H2,(H,27,29)(H,28,30). The Morgan fingerprint density at radius 1 is 0.562 bits per heavy atom. The molecule has 0 aromatic rings. The molecule has 2 amide bonds. The highest BCUT2D eigenvalue weighted by Crippen LogP contribution is 2.61. The van der Waals surface area contributed by atoms with E-state index in [0.717, 1.165) is 85.5 Å². The highest BCUT2D eigenvalue weighted by atomic mass is 32.2. The van der Waals surface area contributed by atoms with Gasteiger partial charge in [0.2, 0.25) is 11.8 Å². The van der Waals surface area contributed by atoms with Crippen molar-refractivity contribution in [1.29, 1.82) is 0 Å². The van der Waals surface area contributed by atoms with E-state index in [0.29, 0.717) is 11.8 Å². The lowest BCUT2D eigenvalue weighted by atomic mass is 9.49. The molecule has 9 fully saturated rings. The largest absolute Gasteiger partial charge is 0.343 e. The van der Waals surface area contributed by atoms with Crippen molar-refractivity contribution >= 4 is 35.3 Å². The molecule has 0 radical (unpaired) electrons. The van der Waals surface area contributed by atoms with E-state index < -0.39 is 0 Å². The lowest BCUT2D eigenvalue weighted by molar-refractivity contribution is -0.146. The molecular weight excluding hydrogens is 436 g/mol. The van der Waals surface area contributed by atoms with E-state index in [1.54, 1.807) is 0 Å². The van der Waals surface area contributed by atoms with Gasteiger partial charge in [-0.05, 0) is 113 Å². The third kappa shape index (κ3) is 3.48. The molecule has 0 aromatic carbocycles. The fourth-order valence-electron chi connectivity index (χ4n) is 10.1. The number of thioether (sulfide) groups is 2. The molecule has 32 heavy (non-hydrogen) atoms. The summed E-state index contributed by atoms with van der Waals surface area (Å²) >= 11 is 3.71. The number of carbonyl (C=O) groups excluding carboxylic acids is 2. The van der Waals surface area contributed by atoms with Crippen LogP contribution in [-0.2, 0) is 9.59 Å². The summed E-state index contributed by atoms with van der Waals surface area (Å²) in [5, 5.41) is 7.20. The van der Waals surface area contributed by atoms with Crippen LogP contribution in [0.25, 0.3) is 0 Å². The summed E-state index contributed by atoms with van der Waals surface area (Å²) in [5.41, 5.74) is -0.148. The van der Waals surface area contributed by atoms with Crippen molar-refractivity contribution in [2.45, 2.75) is 87.8 Å². The zero-order valence-corrected chi connectivity index (χ0v) is 20.8. The van der Waals surface area contributed by atoms with Crippen LogP contribution >= 0.6 is 23.5 Å². The molecule has 176 valence electrons. The maximum Gasteiger partial charge on any atom is 0.227 e. The summed E-state index contributed by atoms with van der Waals surface area (Å²) < 4.78 is 0. The second-order valence-electron chi connectivity index (χ2n) is 13.0. The number of hydrogen-bond acceptors (Lipinski definition) is 4. The third-order valence-corrected chi connectivity index (χ3v) is 13.3. The van der Waals surface area contributed by atoms with Gasteiger partial charge in [-0.2, -0.15) is 11.8 Å². The zero-order chi connectivity index (χ0) is 21.5. The van der Waals surface area contributed by atoms with E-state index >= 15 is 0 Å². The average Bonchev–Trinajstić information content (AvgIpc) is 2.72. The Kier molecular flexibility index (Phi) is 4.96. The van der Waals surface area contributed by atoms with Gasteiger partial charge < -0.3 is 10.6 Å². The van der Waals surface area contributed by atoms with Crippen molar-refractivity contribution < 1.29 is 9.59 Å². The highest BCUT2D eigenvalue weighted by Gasteiger charge is 2.56. The first-order chi connectivity index (χ1) is 15.5. The SMILES string of the molecule is O=C(NC1CSCC(NC(=O)C23CC4CC(CC(C4)C2)C3)S1)C12CC3CC(CC(C3)C1)C2. The van der Waals surface area contributed by atoms with Crippen molar-refractivity contribution in [2.75, 3.05) is 11.5 Å². The van der Waals surface area contributed by atoms with Gasteiger partial charge in [0, 0.05) is 22.3 Å². The van der Waals surface area contributed by atoms with E-state index in [4.69, 9.17) is 0 Å². The first-order valence-corrected chi connectivity index (χ1v) is 15.4. The third-order valence-electron chi connectivity index (χ3n) is 10.5. The minimum absolute atomic E-state index is 0.0740. The molecule has 0 spiro atoms. The smallest absolute Gasteiger partial charge is 0.227 e. The van der Waals surface area contributed by atoms with Gasteiger partial charge in [-0.3, -0.25) is 9.59 Å². The van der Waals surface area contributed by atoms with Gasteiger partial charge in [0.1, 0.15) is 0 Å². The number of hydrogen-bond donors (Lipinski definition) is 2.